The van der Waals surface area contributed by atoms with Gasteiger partial charge in [0.25, 0.3) is 5.91 Å². The first-order valence-electron chi connectivity index (χ1n) is 4.21. The summed E-state index contributed by atoms with van der Waals surface area (Å²) in [7, 11) is 0. The Hall–Kier alpha value is -2.11. The van der Waals surface area contributed by atoms with Crippen LogP contribution in [0.2, 0.25) is 0 Å². The largest absolute Gasteiger partial charge is 0.474 e. The summed E-state index contributed by atoms with van der Waals surface area (Å²) in [5, 5.41) is 10.6. The maximum atomic E-state index is 10.7. The molecule has 0 aromatic heterocycles. The van der Waals surface area contributed by atoms with Crippen molar-refractivity contribution < 1.29 is 14.5 Å². The quantitative estimate of drug-likeness (QED) is 0.588. The maximum Gasteiger partial charge on any atom is 0.310 e. The highest BCUT2D eigenvalue weighted by Gasteiger charge is 2.18. The van der Waals surface area contributed by atoms with Crippen LogP contribution in [0.4, 0.5) is 5.69 Å². The molecular formula is C9H10N2O4. The van der Waals surface area contributed by atoms with E-state index in [2.05, 4.69) is 0 Å². The highest BCUT2D eigenvalue weighted by Crippen LogP contribution is 2.26. The van der Waals surface area contributed by atoms with Gasteiger partial charge < -0.3 is 10.5 Å². The zero-order valence-corrected chi connectivity index (χ0v) is 8.04. The molecule has 6 heteroatoms. The van der Waals surface area contributed by atoms with Gasteiger partial charge in [-0.3, -0.25) is 14.9 Å². The van der Waals surface area contributed by atoms with E-state index in [1.165, 1.54) is 25.1 Å². The maximum absolute atomic E-state index is 10.7. The SMILES string of the molecule is C[C@@H](Oc1ccccc1[N+](=O)[O-])C(N)=O. The lowest BCUT2D eigenvalue weighted by Crippen LogP contribution is -2.30. The zero-order valence-electron chi connectivity index (χ0n) is 8.04. The van der Waals surface area contributed by atoms with Gasteiger partial charge in [-0.15, -0.1) is 0 Å². The highest BCUT2D eigenvalue weighted by molar-refractivity contribution is 5.78. The number of nitrogens with two attached hydrogens (primary N) is 1. The van der Waals surface area contributed by atoms with E-state index in [1.807, 2.05) is 0 Å². The number of carbonyl (C=O) groups excluding carboxylic acids is 1. The van der Waals surface area contributed by atoms with Crippen molar-refractivity contribution in [2.24, 2.45) is 5.73 Å². The molecule has 0 unspecified atom stereocenters. The summed E-state index contributed by atoms with van der Waals surface area (Å²) in [4.78, 5) is 20.7. The number of rotatable bonds is 4. The number of amides is 1. The molecule has 0 saturated carbocycles. The smallest absolute Gasteiger partial charge is 0.310 e. The van der Waals surface area contributed by atoms with Crippen LogP contribution in [0.1, 0.15) is 6.92 Å². The molecule has 0 fully saturated rings. The first-order chi connectivity index (χ1) is 7.02. The van der Waals surface area contributed by atoms with Crippen LogP contribution in [-0.2, 0) is 4.79 Å². The fourth-order valence-corrected chi connectivity index (χ4v) is 0.956. The number of primary amides is 1. The predicted octanol–water partition coefficient (Wildman–Crippen LogP) is 0.847. The van der Waals surface area contributed by atoms with Gasteiger partial charge in [-0.25, -0.2) is 0 Å². The molecule has 1 atom stereocenters. The summed E-state index contributed by atoms with van der Waals surface area (Å²) >= 11 is 0. The van der Waals surface area contributed by atoms with Crippen LogP contribution in [0.15, 0.2) is 24.3 Å². The van der Waals surface area contributed by atoms with Crippen molar-refractivity contribution in [2.75, 3.05) is 0 Å². The van der Waals surface area contributed by atoms with E-state index >= 15 is 0 Å². The minimum absolute atomic E-state index is 0.0359. The Kier molecular flexibility index (Phi) is 3.22. The Morgan fingerprint density at radius 1 is 1.53 bits per heavy atom. The summed E-state index contributed by atoms with van der Waals surface area (Å²) in [6, 6.07) is 5.80. The molecule has 0 bridgehead atoms. The second-order valence-corrected chi connectivity index (χ2v) is 2.89. The lowest BCUT2D eigenvalue weighted by Gasteiger charge is -2.10. The first kappa shape index (κ1) is 11.0. The van der Waals surface area contributed by atoms with Crippen molar-refractivity contribution in [3.63, 3.8) is 0 Å². The minimum Gasteiger partial charge on any atom is -0.474 e. The number of carbonyl (C=O) groups is 1. The highest BCUT2D eigenvalue weighted by atomic mass is 16.6. The van der Waals surface area contributed by atoms with Gasteiger partial charge >= 0.3 is 5.69 Å². The van der Waals surface area contributed by atoms with Crippen molar-refractivity contribution in [3.05, 3.63) is 34.4 Å². The van der Waals surface area contributed by atoms with Gasteiger partial charge in [0.15, 0.2) is 11.9 Å². The molecule has 80 valence electrons. The fraction of sp³-hybridized carbons (Fsp3) is 0.222. The van der Waals surface area contributed by atoms with Crippen LogP contribution >= 0.6 is 0 Å². The summed E-state index contributed by atoms with van der Waals surface area (Å²) in [5.74, 6) is -0.637. The molecule has 0 aliphatic heterocycles. The Morgan fingerprint density at radius 3 is 2.67 bits per heavy atom. The van der Waals surface area contributed by atoms with Gasteiger partial charge in [0.05, 0.1) is 4.92 Å². The van der Waals surface area contributed by atoms with Crippen LogP contribution in [0, 0.1) is 10.1 Å². The van der Waals surface area contributed by atoms with Crippen molar-refractivity contribution >= 4 is 11.6 Å². The van der Waals surface area contributed by atoms with Crippen LogP contribution in [0.5, 0.6) is 5.75 Å². The van der Waals surface area contributed by atoms with Crippen molar-refractivity contribution in [3.8, 4) is 5.75 Å². The number of para-hydroxylation sites is 2. The standard InChI is InChI=1S/C9H10N2O4/c1-6(9(10)12)15-8-5-3-2-4-7(8)11(13)14/h2-6H,1H3,(H2,10,12)/t6-/m1/s1. The molecule has 1 aromatic rings. The average Bonchev–Trinajstić information content (AvgIpc) is 2.18. The van der Waals surface area contributed by atoms with Gasteiger partial charge in [-0.05, 0) is 13.0 Å². The van der Waals surface area contributed by atoms with Gasteiger partial charge in [0, 0.05) is 6.07 Å². The minimum atomic E-state index is -0.897. The molecule has 0 radical (unpaired) electrons. The van der Waals surface area contributed by atoms with Crippen LogP contribution in [0.25, 0.3) is 0 Å². The van der Waals surface area contributed by atoms with Crippen LogP contribution in [-0.4, -0.2) is 16.9 Å². The van der Waals surface area contributed by atoms with Crippen molar-refractivity contribution in [1.29, 1.82) is 0 Å². The summed E-state index contributed by atoms with van der Waals surface area (Å²) in [6.45, 7) is 1.43. The van der Waals surface area contributed by atoms with Gasteiger partial charge in [-0.2, -0.15) is 0 Å². The molecule has 2 N–H and O–H groups in total. The summed E-state index contributed by atoms with van der Waals surface area (Å²) < 4.78 is 5.05. The second-order valence-electron chi connectivity index (χ2n) is 2.89. The Morgan fingerprint density at radius 2 is 2.13 bits per heavy atom. The number of nitro groups is 1. The lowest BCUT2D eigenvalue weighted by atomic mass is 10.3. The molecule has 1 amide bonds. The molecule has 0 heterocycles. The Bertz CT molecular complexity index is 391. The lowest BCUT2D eigenvalue weighted by molar-refractivity contribution is -0.386. The fourth-order valence-electron chi connectivity index (χ4n) is 0.956. The van der Waals surface area contributed by atoms with E-state index in [9.17, 15) is 14.9 Å². The molecule has 1 rings (SSSR count). The van der Waals surface area contributed by atoms with Crippen LogP contribution < -0.4 is 10.5 Å². The van der Waals surface area contributed by atoms with Crippen LogP contribution in [0.3, 0.4) is 0 Å². The monoisotopic (exact) mass is 210 g/mol. The summed E-state index contributed by atoms with van der Waals surface area (Å²) in [6.07, 6.45) is -0.897. The normalized spacial score (nSPS) is 11.8. The Labute approximate surface area is 85.8 Å². The number of benzene rings is 1. The molecule has 0 spiro atoms. The number of hydrogen-bond donors (Lipinski definition) is 1. The number of nitrogens with zero attached hydrogens (tertiary/aromatic N) is 1. The molecule has 15 heavy (non-hydrogen) atoms. The number of hydrogen-bond acceptors (Lipinski definition) is 4. The topological polar surface area (TPSA) is 95.5 Å². The third-order valence-electron chi connectivity index (χ3n) is 1.77. The van der Waals surface area contributed by atoms with E-state index in [0.29, 0.717) is 0 Å². The van der Waals surface area contributed by atoms with Gasteiger partial charge in [-0.1, -0.05) is 12.1 Å². The molecular weight excluding hydrogens is 200 g/mol. The molecule has 0 saturated heterocycles. The van der Waals surface area contributed by atoms with E-state index in [4.69, 9.17) is 10.5 Å². The van der Waals surface area contributed by atoms with Gasteiger partial charge in [0.2, 0.25) is 0 Å². The van der Waals surface area contributed by atoms with E-state index in [0.717, 1.165) is 0 Å². The molecule has 0 aliphatic carbocycles. The number of nitro benzene ring substituents is 1. The third kappa shape index (κ3) is 2.67. The van der Waals surface area contributed by atoms with Gasteiger partial charge in [0.1, 0.15) is 0 Å². The second kappa shape index (κ2) is 4.41. The average molecular weight is 210 g/mol. The first-order valence-corrected chi connectivity index (χ1v) is 4.21. The zero-order chi connectivity index (χ0) is 11.4. The van der Waals surface area contributed by atoms with E-state index in [1.54, 1.807) is 6.07 Å². The summed E-state index contributed by atoms with van der Waals surface area (Å²) in [5.41, 5.74) is 4.79. The third-order valence-corrected chi connectivity index (χ3v) is 1.77. The molecule has 6 nitrogen and oxygen atoms in total. The van der Waals surface area contributed by atoms with E-state index < -0.39 is 16.9 Å². The Balaban J connectivity index is 2.94. The molecule has 0 aliphatic rings. The predicted molar refractivity (Wildman–Crippen MR) is 52.4 cm³/mol. The molecule has 1 aromatic carbocycles. The number of ether oxygens (including phenoxy) is 1. The van der Waals surface area contributed by atoms with E-state index in [-0.39, 0.29) is 11.4 Å². The van der Waals surface area contributed by atoms with Crippen molar-refractivity contribution in [1.82, 2.24) is 0 Å². The van der Waals surface area contributed by atoms with Crippen molar-refractivity contribution in [2.45, 2.75) is 13.0 Å².